The normalized spacial score (nSPS) is 32.2. The van der Waals surface area contributed by atoms with Crippen molar-refractivity contribution in [3.8, 4) is 46.3 Å². The number of fused-ring (bicyclic) bond motifs is 1. The summed E-state index contributed by atoms with van der Waals surface area (Å²) in [5, 5.41) is 21.3. The molecule has 0 saturated heterocycles. The molecule has 0 atom stereocenters. The number of hydrogen-bond donors (Lipinski definition) is 0. The monoisotopic (exact) mass is 677 g/mol. The summed E-state index contributed by atoms with van der Waals surface area (Å²) in [6.45, 7) is 0. The maximum atomic E-state index is 10.2. The maximum Gasteiger partial charge on any atom is 0.164 e. The van der Waals surface area contributed by atoms with Crippen molar-refractivity contribution in [3.05, 3.63) is 101 Å². The minimum atomic E-state index is 0.339. The Bertz CT molecular complexity index is 2160. The molecule has 0 spiro atoms. The van der Waals surface area contributed by atoms with E-state index < -0.39 is 0 Å². The van der Waals surface area contributed by atoms with Crippen LogP contribution in [0.2, 0.25) is 0 Å². The van der Waals surface area contributed by atoms with Crippen LogP contribution in [0, 0.1) is 58.2 Å². The highest BCUT2D eigenvalue weighted by Crippen LogP contribution is 2.62. The van der Waals surface area contributed by atoms with Gasteiger partial charge in [0.1, 0.15) is 0 Å². The first kappa shape index (κ1) is 30.7. The van der Waals surface area contributed by atoms with Gasteiger partial charge in [-0.15, -0.1) is 0 Å². The van der Waals surface area contributed by atoms with Gasteiger partial charge in [0.25, 0.3) is 0 Å². The van der Waals surface area contributed by atoms with E-state index in [-0.39, 0.29) is 0 Å². The Hall–Kier alpha value is -4.87. The summed E-state index contributed by atoms with van der Waals surface area (Å²) in [6.07, 6.45) is 16.7. The van der Waals surface area contributed by atoms with Gasteiger partial charge in [0.05, 0.1) is 23.3 Å². The van der Waals surface area contributed by atoms with Crippen molar-refractivity contribution in [1.82, 2.24) is 15.0 Å². The van der Waals surface area contributed by atoms with Crippen molar-refractivity contribution in [3.63, 3.8) is 0 Å². The highest BCUT2D eigenvalue weighted by Gasteiger charge is 2.52. The molecule has 0 amide bonds. The van der Waals surface area contributed by atoms with Gasteiger partial charge >= 0.3 is 0 Å². The highest BCUT2D eigenvalue weighted by molar-refractivity contribution is 5.92. The SMILES string of the molecule is N#Cc1ccc2cc(-c3nc(-c4ccc(C56CC7C[C@H](C5)C[C@@H](C7)C6)cc4)nc(-c4ccc(C56CC7C[C@H](C5)C[C@@H](C7)C6)cc4)n3)cc(C#N)c2c1. The molecule has 0 aliphatic heterocycles. The van der Waals surface area contributed by atoms with Gasteiger partial charge in [-0.05, 0) is 164 Å². The molecule has 5 aromatic rings. The minimum absolute atomic E-state index is 0.339. The molecular weight excluding hydrogens is 635 g/mol. The van der Waals surface area contributed by atoms with E-state index in [1.165, 1.54) is 88.2 Å². The number of rotatable bonds is 5. The molecule has 0 N–H and O–H groups in total. The van der Waals surface area contributed by atoms with Gasteiger partial charge in [0, 0.05) is 22.1 Å². The van der Waals surface area contributed by atoms with E-state index in [1.807, 2.05) is 18.2 Å². The molecule has 8 fully saturated rings. The Morgan fingerprint density at radius 3 is 1.29 bits per heavy atom. The van der Waals surface area contributed by atoms with Crippen molar-refractivity contribution in [1.29, 1.82) is 10.5 Å². The third-order valence-corrected chi connectivity index (χ3v) is 14.7. The highest BCUT2D eigenvalue weighted by atomic mass is 15.0. The largest absolute Gasteiger partial charge is 0.208 e. The number of nitriles is 2. The van der Waals surface area contributed by atoms with Crippen molar-refractivity contribution >= 4 is 10.8 Å². The Morgan fingerprint density at radius 1 is 0.462 bits per heavy atom. The topological polar surface area (TPSA) is 86.2 Å². The molecule has 4 aromatic carbocycles. The average Bonchev–Trinajstić information content (AvgIpc) is 3.16. The average molecular weight is 678 g/mol. The fraction of sp³-hybridized carbons (Fsp3) is 0.426. The summed E-state index contributed by atoms with van der Waals surface area (Å²) in [5.41, 5.74) is 7.46. The van der Waals surface area contributed by atoms with Gasteiger partial charge in [-0.2, -0.15) is 10.5 Å². The van der Waals surface area contributed by atoms with Crippen LogP contribution in [0.25, 0.3) is 44.9 Å². The molecule has 0 radical (unpaired) electrons. The second kappa shape index (κ2) is 11.3. The van der Waals surface area contributed by atoms with Crippen molar-refractivity contribution in [2.45, 2.75) is 87.9 Å². The van der Waals surface area contributed by atoms with E-state index in [0.717, 1.165) is 63.0 Å². The molecule has 0 unspecified atom stereocenters. The lowest BCUT2D eigenvalue weighted by Gasteiger charge is -2.57. The van der Waals surface area contributed by atoms with Gasteiger partial charge in [-0.3, -0.25) is 0 Å². The Morgan fingerprint density at radius 2 is 0.885 bits per heavy atom. The van der Waals surface area contributed by atoms with E-state index in [1.54, 1.807) is 12.1 Å². The third kappa shape index (κ3) is 4.89. The van der Waals surface area contributed by atoms with E-state index >= 15 is 0 Å². The zero-order valence-corrected chi connectivity index (χ0v) is 29.7. The van der Waals surface area contributed by atoms with E-state index in [9.17, 15) is 10.5 Å². The van der Waals surface area contributed by atoms with Gasteiger partial charge < -0.3 is 0 Å². The quantitative estimate of drug-likeness (QED) is 0.185. The van der Waals surface area contributed by atoms with E-state index in [0.29, 0.717) is 39.4 Å². The first-order valence-electron chi connectivity index (χ1n) is 19.8. The van der Waals surface area contributed by atoms with Gasteiger partial charge in [0.2, 0.25) is 0 Å². The maximum absolute atomic E-state index is 10.2. The van der Waals surface area contributed by atoms with Crippen LogP contribution in [-0.4, -0.2) is 15.0 Å². The number of hydrogen-bond acceptors (Lipinski definition) is 5. The van der Waals surface area contributed by atoms with Gasteiger partial charge in [0.15, 0.2) is 17.5 Å². The summed E-state index contributed by atoms with van der Waals surface area (Å²) in [5.74, 6) is 7.28. The summed E-state index contributed by atoms with van der Waals surface area (Å²) in [6, 6.07) is 32.4. The Labute approximate surface area is 306 Å². The van der Waals surface area contributed by atoms with Crippen LogP contribution in [-0.2, 0) is 10.8 Å². The van der Waals surface area contributed by atoms with Crippen LogP contribution >= 0.6 is 0 Å². The van der Waals surface area contributed by atoms with Crippen molar-refractivity contribution < 1.29 is 0 Å². The van der Waals surface area contributed by atoms with Crippen molar-refractivity contribution in [2.24, 2.45) is 35.5 Å². The van der Waals surface area contributed by atoms with Crippen molar-refractivity contribution in [2.75, 3.05) is 0 Å². The molecule has 8 aliphatic carbocycles. The first-order valence-corrected chi connectivity index (χ1v) is 19.8. The zero-order chi connectivity index (χ0) is 34.6. The standard InChI is InChI=1S/C47H43N5/c48-26-28-1-2-37-18-38(19-39(27-49)42(37)17-28)45-51-43(35-3-7-40(8-4-35)46-20-29-11-30(21-46)13-31(12-29)22-46)50-44(52-45)36-5-9-41(10-6-36)47-23-32-14-33(24-47)16-34(15-32)25-47/h1-10,17-19,29-34H,11-16,20-25H2/t29-,30+,31?,32-,33+,34?,46?,47?. The molecule has 256 valence electrons. The molecule has 5 nitrogen and oxygen atoms in total. The predicted octanol–water partition coefficient (Wildman–Crippen LogP) is 10.7. The number of benzene rings is 4. The minimum Gasteiger partial charge on any atom is -0.208 e. The summed E-state index contributed by atoms with van der Waals surface area (Å²) >= 11 is 0. The van der Waals surface area contributed by atoms with Gasteiger partial charge in [-0.1, -0.05) is 54.6 Å². The zero-order valence-electron chi connectivity index (χ0n) is 29.7. The van der Waals surface area contributed by atoms with Gasteiger partial charge in [-0.25, -0.2) is 15.0 Å². The number of aromatic nitrogens is 3. The molecular formula is C47H43N5. The third-order valence-electron chi connectivity index (χ3n) is 14.7. The lowest BCUT2D eigenvalue weighted by Crippen LogP contribution is -2.48. The fourth-order valence-electron chi connectivity index (χ4n) is 13.3. The van der Waals surface area contributed by atoms with Crippen LogP contribution in [0.15, 0.2) is 78.9 Å². The van der Waals surface area contributed by atoms with Crippen LogP contribution in [0.3, 0.4) is 0 Å². The lowest BCUT2D eigenvalue weighted by molar-refractivity contribution is -0.00530. The molecule has 8 bridgehead atoms. The van der Waals surface area contributed by atoms with Crippen LogP contribution in [0.1, 0.15) is 99.3 Å². The molecule has 8 aliphatic rings. The molecule has 1 aromatic heterocycles. The van der Waals surface area contributed by atoms with Crippen LogP contribution < -0.4 is 0 Å². The number of nitrogens with zero attached hydrogens (tertiary/aromatic N) is 5. The molecule has 13 rings (SSSR count). The fourth-order valence-corrected chi connectivity index (χ4v) is 13.3. The van der Waals surface area contributed by atoms with Crippen LogP contribution in [0.4, 0.5) is 0 Å². The first-order chi connectivity index (χ1) is 25.4. The van der Waals surface area contributed by atoms with E-state index in [4.69, 9.17) is 15.0 Å². The summed E-state index contributed by atoms with van der Waals surface area (Å²) < 4.78 is 0. The molecule has 5 heteroatoms. The van der Waals surface area contributed by atoms with E-state index in [2.05, 4.69) is 60.7 Å². The Balaban J connectivity index is 0.996. The summed E-state index contributed by atoms with van der Waals surface area (Å²) in [4.78, 5) is 15.3. The second-order valence-electron chi connectivity index (χ2n) is 18.0. The summed E-state index contributed by atoms with van der Waals surface area (Å²) in [7, 11) is 0. The molecule has 52 heavy (non-hydrogen) atoms. The Kier molecular flexibility index (Phi) is 6.69. The van der Waals surface area contributed by atoms with Crippen LogP contribution in [0.5, 0.6) is 0 Å². The second-order valence-corrected chi connectivity index (χ2v) is 18.0. The lowest BCUT2D eigenvalue weighted by atomic mass is 9.48. The smallest absolute Gasteiger partial charge is 0.164 e. The molecule has 8 saturated carbocycles. The molecule has 1 heterocycles. The predicted molar refractivity (Wildman–Crippen MR) is 203 cm³/mol.